The molecule has 0 saturated heterocycles. The number of amides is 3. The number of non-ortho nitro benzene ring substituents is 1. The quantitative estimate of drug-likeness (QED) is 0.314. The van der Waals surface area contributed by atoms with E-state index in [1.807, 2.05) is 5.32 Å². The molecule has 0 radical (unpaired) electrons. The Morgan fingerprint density at radius 2 is 1.93 bits per heavy atom. The molecule has 2 aromatic rings. The maximum absolute atomic E-state index is 11.7. The first-order valence-electron chi connectivity index (χ1n) is 8.10. The number of carbonyl (C=O) groups excluding carboxylic acids is 2. The van der Waals surface area contributed by atoms with Crippen LogP contribution in [-0.2, 0) is 11.4 Å². The molecule has 0 aliphatic heterocycles. The highest BCUT2D eigenvalue weighted by molar-refractivity contribution is 6.08. The number of nitro benzene ring substituents is 1. The van der Waals surface area contributed by atoms with Gasteiger partial charge in [-0.15, -0.1) is 0 Å². The smallest absolute Gasteiger partial charge is 0.319 e. The Kier molecular flexibility index (Phi) is 6.86. The molecule has 0 heterocycles. The lowest BCUT2D eigenvalue weighted by Gasteiger charge is -2.11. The normalized spacial score (nSPS) is 10.6. The number of imide groups is 1. The second-order valence-electron chi connectivity index (χ2n) is 5.61. The number of benzene rings is 2. The fourth-order valence-corrected chi connectivity index (χ4v) is 2.26. The number of nitrogens with one attached hydrogen (secondary N) is 1. The number of hydrogen-bond acceptors (Lipinski definition) is 7. The topological polar surface area (TPSA) is 158 Å². The number of carbonyl (C=O) groups is 2. The maximum Gasteiger partial charge on any atom is 0.319 e. The molecule has 0 spiro atoms. The van der Waals surface area contributed by atoms with Gasteiger partial charge in [-0.05, 0) is 41.5 Å². The summed E-state index contributed by atoms with van der Waals surface area (Å²) in [5, 5.41) is 21.6. The van der Waals surface area contributed by atoms with E-state index in [9.17, 15) is 19.7 Å². The van der Waals surface area contributed by atoms with Gasteiger partial charge in [0.15, 0.2) is 11.5 Å². The van der Waals surface area contributed by atoms with Crippen LogP contribution in [0.1, 0.15) is 11.1 Å². The van der Waals surface area contributed by atoms with Crippen LogP contribution in [0.25, 0.3) is 6.08 Å². The molecule has 2 aromatic carbocycles. The van der Waals surface area contributed by atoms with Crippen molar-refractivity contribution in [3.8, 4) is 17.6 Å². The van der Waals surface area contributed by atoms with Gasteiger partial charge in [-0.2, -0.15) is 5.26 Å². The number of nitrogens with two attached hydrogens (primary N) is 1. The number of urea groups is 1. The molecule has 0 atom stereocenters. The van der Waals surface area contributed by atoms with Gasteiger partial charge < -0.3 is 15.2 Å². The van der Waals surface area contributed by atoms with E-state index in [1.165, 1.54) is 25.3 Å². The Labute approximate surface area is 165 Å². The van der Waals surface area contributed by atoms with Gasteiger partial charge in [-0.25, -0.2) is 4.79 Å². The molecule has 10 nitrogen and oxygen atoms in total. The molecular formula is C19H16N4O6. The first-order valence-corrected chi connectivity index (χ1v) is 8.10. The molecule has 0 aliphatic carbocycles. The molecule has 0 saturated carbocycles. The van der Waals surface area contributed by atoms with Crippen molar-refractivity contribution < 1.29 is 24.0 Å². The van der Waals surface area contributed by atoms with E-state index in [2.05, 4.69) is 0 Å². The molecule has 2 rings (SSSR count). The predicted octanol–water partition coefficient (Wildman–Crippen LogP) is 2.28. The fraction of sp³-hybridized carbons (Fsp3) is 0.105. The van der Waals surface area contributed by atoms with Crippen LogP contribution in [0.3, 0.4) is 0 Å². The third-order valence-electron chi connectivity index (χ3n) is 3.64. The average Bonchev–Trinajstić information content (AvgIpc) is 2.70. The Morgan fingerprint density at radius 1 is 1.24 bits per heavy atom. The summed E-state index contributed by atoms with van der Waals surface area (Å²) < 4.78 is 10.9. The van der Waals surface area contributed by atoms with Crippen LogP contribution in [-0.4, -0.2) is 24.0 Å². The summed E-state index contributed by atoms with van der Waals surface area (Å²) in [5.41, 5.74) is 5.72. The zero-order valence-corrected chi connectivity index (χ0v) is 15.2. The zero-order chi connectivity index (χ0) is 21.4. The summed E-state index contributed by atoms with van der Waals surface area (Å²) in [4.78, 5) is 32.7. The van der Waals surface area contributed by atoms with Gasteiger partial charge in [0.1, 0.15) is 18.2 Å². The minimum absolute atomic E-state index is 0.0175. The van der Waals surface area contributed by atoms with Crippen LogP contribution in [0.5, 0.6) is 11.5 Å². The molecule has 3 N–H and O–H groups in total. The molecular weight excluding hydrogens is 380 g/mol. The first kappa shape index (κ1) is 20.9. The molecule has 0 bridgehead atoms. The van der Waals surface area contributed by atoms with Gasteiger partial charge in [0.05, 0.1) is 12.0 Å². The Morgan fingerprint density at radius 3 is 2.48 bits per heavy atom. The van der Waals surface area contributed by atoms with Gasteiger partial charge in [-0.3, -0.25) is 20.2 Å². The molecule has 10 heteroatoms. The predicted molar refractivity (Wildman–Crippen MR) is 102 cm³/mol. The lowest BCUT2D eigenvalue weighted by molar-refractivity contribution is -0.384. The summed E-state index contributed by atoms with van der Waals surface area (Å²) in [6.07, 6.45) is 1.26. The van der Waals surface area contributed by atoms with Crippen LogP contribution in [0.4, 0.5) is 10.5 Å². The minimum Gasteiger partial charge on any atom is -0.493 e. The van der Waals surface area contributed by atoms with E-state index in [4.69, 9.17) is 20.5 Å². The zero-order valence-electron chi connectivity index (χ0n) is 15.2. The molecule has 148 valence electrons. The van der Waals surface area contributed by atoms with E-state index < -0.39 is 16.9 Å². The molecule has 0 unspecified atom stereocenters. The van der Waals surface area contributed by atoms with Gasteiger partial charge >= 0.3 is 6.03 Å². The van der Waals surface area contributed by atoms with Crippen LogP contribution in [0, 0.1) is 21.4 Å². The van der Waals surface area contributed by atoms with E-state index in [0.717, 1.165) is 5.56 Å². The largest absolute Gasteiger partial charge is 0.493 e. The van der Waals surface area contributed by atoms with E-state index in [0.29, 0.717) is 17.1 Å². The van der Waals surface area contributed by atoms with Gasteiger partial charge in [-0.1, -0.05) is 6.07 Å². The van der Waals surface area contributed by atoms with Crippen molar-refractivity contribution in [3.05, 3.63) is 69.3 Å². The molecule has 29 heavy (non-hydrogen) atoms. The second-order valence-corrected chi connectivity index (χ2v) is 5.61. The number of nitro groups is 1. The van der Waals surface area contributed by atoms with Crippen molar-refractivity contribution in [1.29, 1.82) is 5.26 Å². The lowest BCUT2D eigenvalue weighted by Crippen LogP contribution is -2.35. The van der Waals surface area contributed by atoms with Crippen molar-refractivity contribution in [2.45, 2.75) is 6.61 Å². The van der Waals surface area contributed by atoms with Gasteiger partial charge in [0.2, 0.25) is 0 Å². The minimum atomic E-state index is -1.07. The standard InChI is InChI=1S/C19H16N4O6/c1-28-17-9-13(8-14(10-20)18(24)22-19(21)25)4-7-16(17)29-11-12-2-5-15(6-3-12)23(26)27/h2-9H,11H2,1H3,(H3,21,22,24,25)/b14-8-. The van der Waals surface area contributed by atoms with Crippen molar-refractivity contribution >= 4 is 23.7 Å². The SMILES string of the molecule is COc1cc(/C=C(/C#N)C(=O)NC(N)=O)ccc1OCc1ccc([N+](=O)[O-])cc1. The van der Waals surface area contributed by atoms with Gasteiger partial charge in [0.25, 0.3) is 11.6 Å². The van der Waals surface area contributed by atoms with Crippen molar-refractivity contribution in [3.63, 3.8) is 0 Å². The van der Waals surface area contributed by atoms with Crippen molar-refractivity contribution in [2.75, 3.05) is 7.11 Å². The number of nitrogens with zero attached hydrogens (tertiary/aromatic N) is 2. The molecule has 3 amide bonds. The number of ether oxygens (including phenoxy) is 2. The third kappa shape index (κ3) is 5.80. The Hall–Kier alpha value is -4.39. The number of nitriles is 1. The summed E-state index contributed by atoms with van der Waals surface area (Å²) >= 11 is 0. The summed E-state index contributed by atoms with van der Waals surface area (Å²) in [6.45, 7) is 0.147. The molecule has 0 fully saturated rings. The average molecular weight is 396 g/mol. The van der Waals surface area contributed by atoms with Crippen molar-refractivity contribution in [1.82, 2.24) is 5.32 Å². The monoisotopic (exact) mass is 396 g/mol. The van der Waals surface area contributed by atoms with Crippen LogP contribution >= 0.6 is 0 Å². The fourth-order valence-electron chi connectivity index (χ4n) is 2.26. The number of primary amides is 1. The number of hydrogen-bond donors (Lipinski definition) is 2. The van der Waals surface area contributed by atoms with E-state index >= 15 is 0 Å². The summed E-state index contributed by atoms with van der Waals surface area (Å²) in [5.74, 6) is -0.186. The lowest BCUT2D eigenvalue weighted by atomic mass is 10.1. The van der Waals surface area contributed by atoms with Gasteiger partial charge in [0, 0.05) is 12.1 Å². The highest BCUT2D eigenvalue weighted by Crippen LogP contribution is 2.30. The van der Waals surface area contributed by atoms with Crippen LogP contribution in [0.15, 0.2) is 48.0 Å². The first-order chi connectivity index (χ1) is 13.8. The summed E-state index contributed by atoms with van der Waals surface area (Å²) in [6, 6.07) is 11.3. The Bertz CT molecular complexity index is 1010. The molecule has 0 aromatic heterocycles. The third-order valence-corrected chi connectivity index (χ3v) is 3.64. The van der Waals surface area contributed by atoms with E-state index in [1.54, 1.807) is 36.4 Å². The van der Waals surface area contributed by atoms with E-state index in [-0.39, 0.29) is 17.9 Å². The maximum atomic E-state index is 11.7. The highest BCUT2D eigenvalue weighted by Gasteiger charge is 2.12. The van der Waals surface area contributed by atoms with Crippen LogP contribution < -0.4 is 20.5 Å². The highest BCUT2D eigenvalue weighted by atomic mass is 16.6. The molecule has 0 aliphatic rings. The Balaban J connectivity index is 2.16. The number of rotatable bonds is 7. The van der Waals surface area contributed by atoms with Crippen molar-refractivity contribution in [2.24, 2.45) is 5.73 Å². The van der Waals surface area contributed by atoms with Crippen LogP contribution in [0.2, 0.25) is 0 Å². The second kappa shape index (κ2) is 9.52. The summed E-state index contributed by atoms with van der Waals surface area (Å²) in [7, 11) is 1.42. The number of methoxy groups -OCH3 is 1.